The van der Waals surface area contributed by atoms with E-state index in [2.05, 4.69) is 22.4 Å². The van der Waals surface area contributed by atoms with Crippen molar-refractivity contribution in [1.29, 1.82) is 0 Å². The average Bonchev–Trinajstić information content (AvgIpc) is 3.26. The topological polar surface area (TPSA) is 54.5 Å². The first-order valence-electron chi connectivity index (χ1n) is 9.93. The number of likely N-dealkylation sites (tertiary alicyclic amines) is 1. The number of urea groups is 1. The van der Waals surface area contributed by atoms with E-state index in [0.717, 1.165) is 48.4 Å². The molecular formula is C24H25N3O2. The van der Waals surface area contributed by atoms with Crippen molar-refractivity contribution in [2.75, 3.05) is 19.0 Å². The molecule has 0 aliphatic carbocycles. The molecule has 2 aromatic carbocycles. The molecule has 1 fully saturated rings. The molecule has 29 heavy (non-hydrogen) atoms. The van der Waals surface area contributed by atoms with Gasteiger partial charge in [-0.15, -0.1) is 0 Å². The highest BCUT2D eigenvalue weighted by Gasteiger charge is 2.30. The lowest BCUT2D eigenvalue weighted by atomic mass is 10.0. The van der Waals surface area contributed by atoms with Gasteiger partial charge in [-0.3, -0.25) is 4.98 Å². The van der Waals surface area contributed by atoms with Crippen molar-refractivity contribution in [3.8, 4) is 5.75 Å². The van der Waals surface area contributed by atoms with Gasteiger partial charge in [-0.1, -0.05) is 30.3 Å². The van der Waals surface area contributed by atoms with Crippen LogP contribution in [-0.2, 0) is 6.42 Å². The maximum atomic E-state index is 13.0. The number of carbonyl (C=O) groups is 1. The maximum absolute atomic E-state index is 13.0. The second-order valence-electron chi connectivity index (χ2n) is 7.25. The summed E-state index contributed by atoms with van der Waals surface area (Å²) in [6, 6.07) is 20.1. The lowest BCUT2D eigenvalue weighted by molar-refractivity contribution is 0.207. The van der Waals surface area contributed by atoms with Crippen molar-refractivity contribution in [3.63, 3.8) is 0 Å². The summed E-state index contributed by atoms with van der Waals surface area (Å²) < 4.78 is 5.52. The van der Waals surface area contributed by atoms with E-state index < -0.39 is 0 Å². The number of anilines is 1. The Bertz CT molecular complexity index is 960. The molecule has 0 bridgehead atoms. The molecule has 5 heteroatoms. The Kier molecular flexibility index (Phi) is 5.75. The highest BCUT2D eigenvalue weighted by molar-refractivity contribution is 5.90. The van der Waals surface area contributed by atoms with Gasteiger partial charge in [0.25, 0.3) is 0 Å². The van der Waals surface area contributed by atoms with Gasteiger partial charge in [0.05, 0.1) is 13.2 Å². The van der Waals surface area contributed by atoms with E-state index in [1.807, 2.05) is 53.4 Å². The summed E-state index contributed by atoms with van der Waals surface area (Å²) in [5.41, 5.74) is 4.16. The number of ether oxygens (including phenoxy) is 1. The summed E-state index contributed by atoms with van der Waals surface area (Å²) in [6.07, 6.45) is 6.28. The summed E-state index contributed by atoms with van der Waals surface area (Å²) in [4.78, 5) is 19.0. The molecular weight excluding hydrogens is 362 g/mol. The molecule has 148 valence electrons. The summed E-state index contributed by atoms with van der Waals surface area (Å²) in [5.74, 6) is 0.822. The highest BCUT2D eigenvalue weighted by atomic mass is 16.5. The van der Waals surface area contributed by atoms with Crippen LogP contribution in [0.2, 0.25) is 0 Å². The van der Waals surface area contributed by atoms with Gasteiger partial charge in [0, 0.05) is 36.6 Å². The number of nitrogens with one attached hydrogen (secondary N) is 1. The smallest absolute Gasteiger partial charge is 0.322 e. The van der Waals surface area contributed by atoms with Gasteiger partial charge < -0.3 is 15.0 Å². The van der Waals surface area contributed by atoms with Gasteiger partial charge in [-0.05, 0) is 54.3 Å². The summed E-state index contributed by atoms with van der Waals surface area (Å²) in [7, 11) is 1.67. The first kappa shape index (κ1) is 19.0. The third-order valence-electron chi connectivity index (χ3n) is 5.37. The van der Waals surface area contributed by atoms with Crippen LogP contribution < -0.4 is 10.1 Å². The molecule has 4 rings (SSSR count). The largest absolute Gasteiger partial charge is 0.496 e. The summed E-state index contributed by atoms with van der Waals surface area (Å²) in [6.45, 7) is 0.756. The zero-order valence-electron chi connectivity index (χ0n) is 16.5. The standard InChI is InChI=1S/C24H25N3O2/c1-29-23-10-9-21(17-20(23)16-18-6-3-2-4-7-18)26-24(28)27-15-5-8-22(27)19-11-13-25-14-12-19/h2-4,6-7,9-14,17,22H,5,8,15-16H2,1H3,(H,26,28). The normalized spacial score (nSPS) is 15.9. The Morgan fingerprint density at radius 1 is 1.14 bits per heavy atom. The molecule has 0 saturated carbocycles. The SMILES string of the molecule is COc1ccc(NC(=O)N2CCCC2c2ccncc2)cc1Cc1ccccc1. The van der Waals surface area contributed by atoms with Crippen LogP contribution in [0, 0.1) is 0 Å². The number of benzene rings is 2. The van der Waals surface area contributed by atoms with Crippen LogP contribution in [0.4, 0.5) is 10.5 Å². The first-order chi connectivity index (χ1) is 14.2. The van der Waals surface area contributed by atoms with Gasteiger partial charge >= 0.3 is 6.03 Å². The van der Waals surface area contributed by atoms with E-state index in [4.69, 9.17) is 4.74 Å². The van der Waals surface area contributed by atoms with Gasteiger partial charge in [-0.2, -0.15) is 0 Å². The van der Waals surface area contributed by atoms with Crippen molar-refractivity contribution in [2.45, 2.75) is 25.3 Å². The van der Waals surface area contributed by atoms with E-state index >= 15 is 0 Å². The Balaban J connectivity index is 1.51. The van der Waals surface area contributed by atoms with Crippen LogP contribution in [0.5, 0.6) is 5.75 Å². The Labute approximate surface area is 171 Å². The second-order valence-corrected chi connectivity index (χ2v) is 7.25. The van der Waals surface area contributed by atoms with Gasteiger partial charge in [0.2, 0.25) is 0 Å². The molecule has 1 aromatic heterocycles. The Morgan fingerprint density at radius 2 is 1.93 bits per heavy atom. The molecule has 2 amide bonds. The number of methoxy groups -OCH3 is 1. The fraction of sp³-hybridized carbons (Fsp3) is 0.250. The number of hydrogen-bond acceptors (Lipinski definition) is 3. The third-order valence-corrected chi connectivity index (χ3v) is 5.37. The summed E-state index contributed by atoms with van der Waals surface area (Å²) in [5, 5.41) is 3.08. The minimum Gasteiger partial charge on any atom is -0.496 e. The van der Waals surface area contributed by atoms with E-state index in [1.165, 1.54) is 5.56 Å². The van der Waals surface area contributed by atoms with Gasteiger partial charge in [0.1, 0.15) is 5.75 Å². The molecule has 5 nitrogen and oxygen atoms in total. The molecule has 0 spiro atoms. The van der Waals surface area contributed by atoms with Crippen molar-refractivity contribution in [1.82, 2.24) is 9.88 Å². The van der Waals surface area contributed by atoms with Crippen molar-refractivity contribution in [3.05, 3.63) is 89.7 Å². The molecule has 1 N–H and O–H groups in total. The number of hydrogen-bond donors (Lipinski definition) is 1. The van der Waals surface area contributed by atoms with E-state index in [-0.39, 0.29) is 12.1 Å². The van der Waals surface area contributed by atoms with E-state index in [9.17, 15) is 4.79 Å². The highest BCUT2D eigenvalue weighted by Crippen LogP contribution is 2.32. The molecule has 3 aromatic rings. The monoisotopic (exact) mass is 387 g/mol. The van der Waals surface area contributed by atoms with Crippen LogP contribution in [0.15, 0.2) is 73.1 Å². The quantitative estimate of drug-likeness (QED) is 0.666. The lowest BCUT2D eigenvalue weighted by Gasteiger charge is -2.25. The predicted molar refractivity (Wildman–Crippen MR) is 114 cm³/mol. The van der Waals surface area contributed by atoms with Crippen LogP contribution in [0.1, 0.15) is 35.6 Å². The van der Waals surface area contributed by atoms with Crippen LogP contribution in [0.3, 0.4) is 0 Å². The van der Waals surface area contributed by atoms with Gasteiger partial charge in [0.15, 0.2) is 0 Å². The minimum absolute atomic E-state index is 0.0693. The fourth-order valence-electron chi connectivity index (χ4n) is 3.95. The van der Waals surface area contributed by atoms with E-state index in [1.54, 1.807) is 19.5 Å². The number of pyridine rings is 1. The molecule has 1 saturated heterocycles. The van der Waals surface area contributed by atoms with E-state index in [0.29, 0.717) is 0 Å². The second kappa shape index (κ2) is 8.78. The Morgan fingerprint density at radius 3 is 2.69 bits per heavy atom. The fourth-order valence-corrected chi connectivity index (χ4v) is 3.95. The molecule has 1 aliphatic rings. The number of rotatable bonds is 5. The lowest BCUT2D eigenvalue weighted by Crippen LogP contribution is -2.34. The molecule has 1 aliphatic heterocycles. The number of amides is 2. The molecule has 2 heterocycles. The zero-order valence-corrected chi connectivity index (χ0v) is 16.5. The molecule has 1 atom stereocenters. The zero-order chi connectivity index (χ0) is 20.1. The number of aromatic nitrogens is 1. The minimum atomic E-state index is -0.0693. The van der Waals surface area contributed by atoms with Crippen molar-refractivity contribution in [2.24, 2.45) is 0 Å². The van der Waals surface area contributed by atoms with Gasteiger partial charge in [-0.25, -0.2) is 4.79 Å². The third kappa shape index (κ3) is 4.40. The average molecular weight is 387 g/mol. The van der Waals surface area contributed by atoms with Crippen LogP contribution >= 0.6 is 0 Å². The maximum Gasteiger partial charge on any atom is 0.322 e. The number of carbonyl (C=O) groups excluding carboxylic acids is 1. The number of nitrogens with zero attached hydrogens (tertiary/aromatic N) is 2. The predicted octanol–water partition coefficient (Wildman–Crippen LogP) is 5.05. The first-order valence-corrected chi connectivity index (χ1v) is 9.93. The van der Waals surface area contributed by atoms with Crippen LogP contribution in [-0.4, -0.2) is 29.6 Å². The summed E-state index contributed by atoms with van der Waals surface area (Å²) >= 11 is 0. The molecule has 1 unspecified atom stereocenters. The van der Waals surface area contributed by atoms with Crippen molar-refractivity contribution >= 4 is 11.7 Å². The Hall–Kier alpha value is -3.34. The van der Waals surface area contributed by atoms with Crippen molar-refractivity contribution < 1.29 is 9.53 Å². The molecule has 0 radical (unpaired) electrons. The van der Waals surface area contributed by atoms with Crippen LogP contribution in [0.25, 0.3) is 0 Å².